The molecule has 1 N–H and O–H groups in total. The van der Waals surface area contributed by atoms with Gasteiger partial charge in [0.25, 0.3) is 0 Å². The molecule has 1 aliphatic rings. The summed E-state index contributed by atoms with van der Waals surface area (Å²) in [5, 5.41) is 3.46. The van der Waals surface area contributed by atoms with Crippen LogP contribution in [-0.4, -0.2) is 35.1 Å². The van der Waals surface area contributed by atoms with Crippen LogP contribution in [0.25, 0.3) is 5.65 Å². The summed E-state index contributed by atoms with van der Waals surface area (Å²) in [6, 6.07) is 4.04. The van der Waals surface area contributed by atoms with E-state index in [1.807, 2.05) is 16.8 Å². The number of methoxy groups -OCH3 is 1. The van der Waals surface area contributed by atoms with E-state index in [1.54, 1.807) is 12.1 Å². The van der Waals surface area contributed by atoms with Crippen molar-refractivity contribution < 1.29 is 9.53 Å². The van der Waals surface area contributed by atoms with Gasteiger partial charge in [-0.05, 0) is 31.5 Å². The fraction of sp³-hybridized carbons (Fsp3) is 0.429. The molecule has 3 heterocycles. The average molecular weight is 259 g/mol. The largest absolute Gasteiger partial charge is 0.465 e. The van der Waals surface area contributed by atoms with Crippen LogP contribution in [0, 0.1) is 0 Å². The van der Waals surface area contributed by atoms with E-state index in [9.17, 15) is 4.79 Å². The second-order valence-electron chi connectivity index (χ2n) is 4.90. The zero-order valence-electron chi connectivity index (χ0n) is 10.9. The first-order valence-corrected chi connectivity index (χ1v) is 6.55. The Balaban J connectivity index is 1.85. The van der Waals surface area contributed by atoms with Crippen LogP contribution in [0.1, 0.15) is 28.9 Å². The quantitative estimate of drug-likeness (QED) is 0.847. The number of imidazole rings is 1. The van der Waals surface area contributed by atoms with Gasteiger partial charge in [-0.25, -0.2) is 9.78 Å². The normalized spacial score (nSPS) is 18.9. The minimum atomic E-state index is -0.329. The van der Waals surface area contributed by atoms with Gasteiger partial charge < -0.3 is 14.5 Å². The minimum absolute atomic E-state index is 0.329. The monoisotopic (exact) mass is 259 g/mol. The summed E-state index contributed by atoms with van der Waals surface area (Å²) in [6.45, 7) is 1.10. The Morgan fingerprint density at radius 1 is 1.63 bits per heavy atom. The van der Waals surface area contributed by atoms with Gasteiger partial charge in [0.05, 0.1) is 18.4 Å². The van der Waals surface area contributed by atoms with Gasteiger partial charge in [-0.1, -0.05) is 0 Å². The van der Waals surface area contributed by atoms with E-state index in [-0.39, 0.29) is 5.97 Å². The number of carbonyl (C=O) groups is 1. The Labute approximate surface area is 111 Å². The number of aromatic nitrogens is 2. The Morgan fingerprint density at radius 2 is 2.53 bits per heavy atom. The third-order valence-corrected chi connectivity index (χ3v) is 3.55. The molecule has 1 aliphatic heterocycles. The maximum atomic E-state index is 11.5. The van der Waals surface area contributed by atoms with Crippen molar-refractivity contribution in [2.45, 2.75) is 25.3 Å². The van der Waals surface area contributed by atoms with E-state index in [2.05, 4.69) is 10.3 Å². The molecule has 5 heteroatoms. The van der Waals surface area contributed by atoms with Crippen molar-refractivity contribution in [3.8, 4) is 0 Å². The number of nitrogens with zero attached hydrogens (tertiary/aromatic N) is 2. The van der Waals surface area contributed by atoms with Gasteiger partial charge in [-0.3, -0.25) is 0 Å². The van der Waals surface area contributed by atoms with E-state index in [1.165, 1.54) is 20.0 Å². The van der Waals surface area contributed by atoms with Gasteiger partial charge >= 0.3 is 5.97 Å². The van der Waals surface area contributed by atoms with Gasteiger partial charge in [-0.15, -0.1) is 0 Å². The van der Waals surface area contributed by atoms with Crippen LogP contribution in [0.4, 0.5) is 0 Å². The molecular weight excluding hydrogens is 242 g/mol. The molecule has 1 saturated heterocycles. The smallest absolute Gasteiger partial charge is 0.338 e. The van der Waals surface area contributed by atoms with Crippen LogP contribution in [0.2, 0.25) is 0 Å². The zero-order valence-corrected chi connectivity index (χ0v) is 10.9. The minimum Gasteiger partial charge on any atom is -0.465 e. The second-order valence-corrected chi connectivity index (χ2v) is 4.90. The Morgan fingerprint density at radius 3 is 3.26 bits per heavy atom. The summed E-state index contributed by atoms with van der Waals surface area (Å²) >= 11 is 0. The maximum absolute atomic E-state index is 11.5. The lowest BCUT2D eigenvalue weighted by molar-refractivity contribution is 0.0600. The van der Waals surface area contributed by atoms with E-state index >= 15 is 0 Å². The summed E-state index contributed by atoms with van der Waals surface area (Å²) in [6.07, 6.45) is 7.26. The van der Waals surface area contributed by atoms with Crippen molar-refractivity contribution in [1.82, 2.24) is 14.7 Å². The first-order chi connectivity index (χ1) is 9.26. The molecular formula is C14H17N3O2. The summed E-state index contributed by atoms with van der Waals surface area (Å²) in [5.74, 6) is -0.329. The van der Waals surface area contributed by atoms with Crippen LogP contribution < -0.4 is 5.32 Å². The number of fused-ring (bicyclic) bond motifs is 1. The van der Waals surface area contributed by atoms with Crippen molar-refractivity contribution >= 4 is 11.6 Å². The Bertz CT molecular complexity index is 600. The SMILES string of the molecule is COC(=O)c1ccn2cc(CC3CCCN3)nc2c1. The van der Waals surface area contributed by atoms with Crippen molar-refractivity contribution in [2.24, 2.45) is 0 Å². The number of carbonyl (C=O) groups excluding carboxylic acids is 1. The Hall–Kier alpha value is -1.88. The highest BCUT2D eigenvalue weighted by Gasteiger charge is 2.16. The van der Waals surface area contributed by atoms with Crippen LogP contribution >= 0.6 is 0 Å². The van der Waals surface area contributed by atoms with Crippen LogP contribution in [0.15, 0.2) is 24.5 Å². The van der Waals surface area contributed by atoms with Gasteiger partial charge in [0.1, 0.15) is 5.65 Å². The lowest BCUT2D eigenvalue weighted by Gasteiger charge is -2.06. The van der Waals surface area contributed by atoms with E-state index in [4.69, 9.17) is 4.74 Å². The number of pyridine rings is 1. The van der Waals surface area contributed by atoms with Crippen molar-refractivity contribution in [1.29, 1.82) is 0 Å². The highest BCUT2D eigenvalue weighted by atomic mass is 16.5. The molecule has 0 spiro atoms. The molecule has 5 nitrogen and oxygen atoms in total. The molecule has 2 aromatic heterocycles. The number of hydrogen-bond donors (Lipinski definition) is 1. The predicted octanol–water partition coefficient (Wildman–Crippen LogP) is 1.42. The second kappa shape index (κ2) is 5.01. The van der Waals surface area contributed by atoms with Crippen LogP contribution in [-0.2, 0) is 11.2 Å². The molecule has 1 atom stereocenters. The molecule has 0 aromatic carbocycles. The van der Waals surface area contributed by atoms with Crippen LogP contribution in [0.3, 0.4) is 0 Å². The van der Waals surface area contributed by atoms with Crippen molar-refractivity contribution in [2.75, 3.05) is 13.7 Å². The molecule has 100 valence electrons. The molecule has 0 amide bonds. The number of esters is 1. The van der Waals surface area contributed by atoms with Gasteiger partial charge in [0.2, 0.25) is 0 Å². The maximum Gasteiger partial charge on any atom is 0.338 e. The molecule has 3 rings (SSSR count). The van der Waals surface area contributed by atoms with E-state index in [0.717, 1.165) is 24.3 Å². The van der Waals surface area contributed by atoms with Gasteiger partial charge in [-0.2, -0.15) is 0 Å². The Kier molecular flexibility index (Phi) is 3.21. The lowest BCUT2D eigenvalue weighted by Crippen LogP contribution is -2.23. The number of nitrogens with one attached hydrogen (secondary N) is 1. The number of ether oxygens (including phenoxy) is 1. The topological polar surface area (TPSA) is 55.6 Å². The summed E-state index contributed by atoms with van der Waals surface area (Å²) in [4.78, 5) is 16.0. The first-order valence-electron chi connectivity index (χ1n) is 6.55. The van der Waals surface area contributed by atoms with Gasteiger partial charge in [0.15, 0.2) is 0 Å². The third-order valence-electron chi connectivity index (χ3n) is 3.55. The summed E-state index contributed by atoms with van der Waals surface area (Å²) < 4.78 is 6.65. The molecule has 0 bridgehead atoms. The molecule has 0 saturated carbocycles. The molecule has 1 fully saturated rings. The van der Waals surface area contributed by atoms with Crippen molar-refractivity contribution in [3.63, 3.8) is 0 Å². The average Bonchev–Trinajstić information content (AvgIpc) is 3.05. The van der Waals surface area contributed by atoms with Crippen LogP contribution in [0.5, 0.6) is 0 Å². The zero-order chi connectivity index (χ0) is 13.2. The third kappa shape index (κ3) is 2.46. The standard InChI is InChI=1S/C14H17N3O2/c1-19-14(18)10-4-6-17-9-12(16-13(17)7-10)8-11-3-2-5-15-11/h4,6-7,9,11,15H,2-3,5,8H2,1H3. The molecule has 0 aliphatic carbocycles. The number of hydrogen-bond acceptors (Lipinski definition) is 4. The fourth-order valence-electron chi connectivity index (χ4n) is 2.56. The highest BCUT2D eigenvalue weighted by molar-refractivity contribution is 5.90. The number of rotatable bonds is 3. The molecule has 19 heavy (non-hydrogen) atoms. The highest BCUT2D eigenvalue weighted by Crippen LogP contribution is 2.14. The fourth-order valence-corrected chi connectivity index (χ4v) is 2.56. The molecule has 0 radical (unpaired) electrons. The molecule has 1 unspecified atom stereocenters. The lowest BCUT2D eigenvalue weighted by atomic mass is 10.1. The molecule has 2 aromatic rings. The predicted molar refractivity (Wildman–Crippen MR) is 71.3 cm³/mol. The first kappa shape index (κ1) is 12.2. The summed E-state index contributed by atoms with van der Waals surface area (Å²) in [5.41, 5.74) is 2.38. The van der Waals surface area contributed by atoms with E-state index < -0.39 is 0 Å². The van der Waals surface area contributed by atoms with Gasteiger partial charge in [0, 0.05) is 24.9 Å². The van der Waals surface area contributed by atoms with Crippen molar-refractivity contribution in [3.05, 3.63) is 35.8 Å². The summed E-state index contributed by atoms with van der Waals surface area (Å²) in [7, 11) is 1.38. The van der Waals surface area contributed by atoms with E-state index in [0.29, 0.717) is 11.6 Å².